The molecule has 0 aromatic carbocycles. The van der Waals surface area contributed by atoms with E-state index < -0.39 is 6.10 Å². The van der Waals surface area contributed by atoms with Gasteiger partial charge in [0.05, 0.1) is 0 Å². The number of hydrogen-bond acceptors (Lipinski definition) is 6. The Balaban J connectivity index is 4.51. The Bertz CT molecular complexity index is 1310. The summed E-state index contributed by atoms with van der Waals surface area (Å²) in [5.74, 6) is -0.985. The fraction of sp³-hybridized carbons (Fsp3) is 0.678. The quantitative estimate of drug-likeness (QED) is 0.0262. The first kappa shape index (κ1) is 61.3. The van der Waals surface area contributed by atoms with Crippen LogP contribution in [0.15, 0.2) is 97.2 Å². The maximum Gasteiger partial charge on any atom is 0.306 e. The van der Waals surface area contributed by atoms with E-state index in [1.807, 2.05) is 0 Å². The van der Waals surface area contributed by atoms with Crippen LogP contribution in [0.3, 0.4) is 0 Å². The predicted molar refractivity (Wildman–Crippen MR) is 279 cm³/mol. The highest BCUT2D eigenvalue weighted by atomic mass is 16.6. The second-order valence-electron chi connectivity index (χ2n) is 17.4. The number of carbonyl (C=O) groups is 3. The average molecular weight is 903 g/mol. The van der Waals surface area contributed by atoms with E-state index in [-0.39, 0.29) is 37.5 Å². The van der Waals surface area contributed by atoms with Crippen molar-refractivity contribution in [3.05, 3.63) is 97.2 Å². The van der Waals surface area contributed by atoms with Gasteiger partial charge in [0, 0.05) is 19.3 Å². The molecular weight excluding hydrogens is 805 g/mol. The van der Waals surface area contributed by atoms with Gasteiger partial charge in [-0.1, -0.05) is 221 Å². The van der Waals surface area contributed by atoms with Gasteiger partial charge in [0.2, 0.25) is 0 Å². The molecule has 0 rings (SSSR count). The molecule has 6 heteroatoms. The lowest BCUT2D eigenvalue weighted by Crippen LogP contribution is -2.30. The maximum absolute atomic E-state index is 12.8. The minimum atomic E-state index is -0.808. The number of rotatable bonds is 47. The van der Waals surface area contributed by atoms with E-state index in [1.54, 1.807) is 0 Å². The Morgan fingerprint density at radius 1 is 0.323 bits per heavy atom. The maximum atomic E-state index is 12.8. The highest BCUT2D eigenvalue weighted by Crippen LogP contribution is 2.14. The Morgan fingerprint density at radius 3 is 1.03 bits per heavy atom. The molecule has 0 aliphatic rings. The van der Waals surface area contributed by atoms with Gasteiger partial charge in [-0.25, -0.2) is 0 Å². The standard InChI is InChI=1S/C59H98O6/c1-4-7-10-13-16-19-22-25-27-29-31-34-36-39-42-45-48-51-57(60)63-54-56(65-59(62)53-50-47-44-41-38-33-24-21-18-15-12-9-6-3)55-64-58(61)52-49-46-43-40-37-35-32-30-28-26-23-20-17-14-11-8-5-2/h7,10,16-17,19-20,25-28,31-32,34-35,39,42,56H,4-6,8-9,11-15,18,21-24,29-30,33,36-38,40-41,43-55H2,1-3H3/b10-7-,19-16-,20-17-,27-25-,28-26-,34-31-,35-32-,42-39-/t56-/m1/s1. The van der Waals surface area contributed by atoms with Gasteiger partial charge in [-0.15, -0.1) is 0 Å². The van der Waals surface area contributed by atoms with Crippen molar-refractivity contribution in [1.82, 2.24) is 0 Å². The molecule has 0 radical (unpaired) electrons. The van der Waals surface area contributed by atoms with Gasteiger partial charge >= 0.3 is 17.9 Å². The molecular formula is C59H98O6. The summed E-state index contributed by atoms with van der Waals surface area (Å²) in [6.45, 7) is 6.42. The molecule has 1 atom stereocenters. The zero-order valence-corrected chi connectivity index (χ0v) is 42.2. The zero-order valence-electron chi connectivity index (χ0n) is 42.2. The van der Waals surface area contributed by atoms with E-state index in [0.29, 0.717) is 19.3 Å². The van der Waals surface area contributed by atoms with Crippen LogP contribution in [0.2, 0.25) is 0 Å². The molecule has 370 valence electrons. The lowest BCUT2D eigenvalue weighted by atomic mass is 10.0. The zero-order chi connectivity index (χ0) is 47.2. The van der Waals surface area contributed by atoms with Gasteiger partial charge in [-0.05, 0) is 96.3 Å². The summed E-state index contributed by atoms with van der Waals surface area (Å²) in [6, 6.07) is 0. The van der Waals surface area contributed by atoms with Crippen LogP contribution in [0.4, 0.5) is 0 Å². The summed E-state index contributed by atoms with van der Waals surface area (Å²) in [7, 11) is 0. The van der Waals surface area contributed by atoms with Gasteiger partial charge < -0.3 is 14.2 Å². The smallest absolute Gasteiger partial charge is 0.306 e. The topological polar surface area (TPSA) is 78.9 Å². The van der Waals surface area contributed by atoms with Crippen molar-refractivity contribution in [1.29, 1.82) is 0 Å². The van der Waals surface area contributed by atoms with Crippen LogP contribution in [-0.4, -0.2) is 37.2 Å². The molecule has 0 aliphatic carbocycles. The molecule has 6 nitrogen and oxygen atoms in total. The van der Waals surface area contributed by atoms with Crippen LogP contribution in [-0.2, 0) is 28.6 Å². The van der Waals surface area contributed by atoms with Crippen molar-refractivity contribution in [3.63, 3.8) is 0 Å². The van der Waals surface area contributed by atoms with Crippen LogP contribution in [0, 0.1) is 0 Å². The largest absolute Gasteiger partial charge is 0.462 e. The van der Waals surface area contributed by atoms with Gasteiger partial charge in [0.1, 0.15) is 13.2 Å². The molecule has 0 amide bonds. The molecule has 0 N–H and O–H groups in total. The lowest BCUT2D eigenvalue weighted by molar-refractivity contribution is -0.167. The van der Waals surface area contributed by atoms with Crippen LogP contribution >= 0.6 is 0 Å². The number of ether oxygens (including phenoxy) is 3. The summed E-state index contributed by atoms with van der Waals surface area (Å²) < 4.78 is 16.8. The average Bonchev–Trinajstić information content (AvgIpc) is 3.30. The highest BCUT2D eigenvalue weighted by Gasteiger charge is 2.19. The van der Waals surface area contributed by atoms with Gasteiger partial charge in [0.25, 0.3) is 0 Å². The third kappa shape index (κ3) is 51.2. The third-order valence-electron chi connectivity index (χ3n) is 11.1. The number of carbonyl (C=O) groups excluding carboxylic acids is 3. The molecule has 0 heterocycles. The van der Waals surface area contributed by atoms with Crippen LogP contribution in [0.5, 0.6) is 0 Å². The molecule has 0 bridgehead atoms. The summed E-state index contributed by atoms with van der Waals surface area (Å²) >= 11 is 0. The minimum Gasteiger partial charge on any atom is -0.462 e. The van der Waals surface area contributed by atoms with E-state index in [0.717, 1.165) is 103 Å². The molecule has 0 fully saturated rings. The Kier molecular flexibility index (Phi) is 50.0. The summed E-state index contributed by atoms with van der Waals surface area (Å²) in [5, 5.41) is 0. The molecule has 65 heavy (non-hydrogen) atoms. The van der Waals surface area contributed by atoms with E-state index in [1.165, 1.54) is 89.9 Å². The van der Waals surface area contributed by atoms with Crippen molar-refractivity contribution in [2.24, 2.45) is 0 Å². The van der Waals surface area contributed by atoms with E-state index in [2.05, 4.69) is 118 Å². The monoisotopic (exact) mass is 903 g/mol. The van der Waals surface area contributed by atoms with Crippen molar-refractivity contribution in [3.8, 4) is 0 Å². The number of unbranched alkanes of at least 4 members (excludes halogenated alkanes) is 20. The van der Waals surface area contributed by atoms with Crippen molar-refractivity contribution in [2.45, 2.75) is 245 Å². The van der Waals surface area contributed by atoms with Crippen LogP contribution < -0.4 is 0 Å². The second kappa shape index (κ2) is 52.9. The number of allylic oxidation sites excluding steroid dienone is 16. The molecule has 0 spiro atoms. The molecule has 0 aromatic rings. The van der Waals surface area contributed by atoms with Gasteiger partial charge in [-0.3, -0.25) is 14.4 Å². The second-order valence-corrected chi connectivity index (χ2v) is 17.4. The van der Waals surface area contributed by atoms with Crippen LogP contribution in [0.25, 0.3) is 0 Å². The van der Waals surface area contributed by atoms with Crippen molar-refractivity contribution < 1.29 is 28.6 Å². The first-order valence-corrected chi connectivity index (χ1v) is 26.7. The fourth-order valence-electron chi connectivity index (χ4n) is 7.07. The van der Waals surface area contributed by atoms with E-state index >= 15 is 0 Å². The van der Waals surface area contributed by atoms with E-state index in [4.69, 9.17) is 14.2 Å². The SMILES string of the molecule is CC/C=C\C/C=C\C/C=C\C/C=C\C/C=C\CCCC(=O)OC[C@H](COC(=O)CCCCCC/C=C\C/C=C\C/C=C\CCCCC)OC(=O)CCCCCCCCCCCCCCC. The van der Waals surface area contributed by atoms with Crippen molar-refractivity contribution >= 4 is 17.9 Å². The number of esters is 3. The molecule has 0 saturated carbocycles. The summed E-state index contributed by atoms with van der Waals surface area (Å²) in [6.07, 6.45) is 69.6. The normalized spacial score (nSPS) is 12.8. The number of hydrogen-bond donors (Lipinski definition) is 0. The molecule has 0 unspecified atom stereocenters. The minimum absolute atomic E-state index is 0.106. The highest BCUT2D eigenvalue weighted by molar-refractivity contribution is 5.71. The molecule has 0 aliphatic heterocycles. The molecule has 0 aromatic heterocycles. The Hall–Kier alpha value is -3.67. The Morgan fingerprint density at radius 2 is 0.615 bits per heavy atom. The van der Waals surface area contributed by atoms with Gasteiger partial charge in [0.15, 0.2) is 6.10 Å². The van der Waals surface area contributed by atoms with Crippen LogP contribution in [0.1, 0.15) is 239 Å². The first-order chi connectivity index (χ1) is 32.0. The lowest BCUT2D eigenvalue weighted by Gasteiger charge is -2.18. The molecule has 0 saturated heterocycles. The summed E-state index contributed by atoms with van der Waals surface area (Å²) in [4.78, 5) is 38.0. The first-order valence-electron chi connectivity index (χ1n) is 26.7. The summed E-state index contributed by atoms with van der Waals surface area (Å²) in [5.41, 5.74) is 0. The van der Waals surface area contributed by atoms with E-state index in [9.17, 15) is 14.4 Å². The third-order valence-corrected chi connectivity index (χ3v) is 11.1. The Labute approximate surface area is 400 Å². The van der Waals surface area contributed by atoms with Crippen molar-refractivity contribution in [2.75, 3.05) is 13.2 Å². The fourth-order valence-corrected chi connectivity index (χ4v) is 7.07. The van der Waals surface area contributed by atoms with Gasteiger partial charge in [-0.2, -0.15) is 0 Å². The predicted octanol–water partition coefficient (Wildman–Crippen LogP) is 17.8.